The second-order valence-electron chi connectivity index (χ2n) is 10.0. The molecule has 1 aromatic carbocycles. The van der Waals surface area contributed by atoms with Crippen LogP contribution in [0.4, 0.5) is 14.9 Å². The van der Waals surface area contributed by atoms with Gasteiger partial charge in [-0.25, -0.2) is 14.0 Å². The van der Waals surface area contributed by atoms with Crippen LogP contribution in [0.2, 0.25) is 0 Å². The van der Waals surface area contributed by atoms with Crippen molar-refractivity contribution in [3.8, 4) is 0 Å². The van der Waals surface area contributed by atoms with Crippen LogP contribution in [-0.4, -0.2) is 40.4 Å². The lowest BCUT2D eigenvalue weighted by molar-refractivity contribution is 0.0494. The van der Waals surface area contributed by atoms with Gasteiger partial charge in [0.25, 0.3) is 5.56 Å². The number of alkyl carbamates (subject to hydrolysis) is 1. The number of halogens is 1. The van der Waals surface area contributed by atoms with E-state index in [-0.39, 0.29) is 23.4 Å². The van der Waals surface area contributed by atoms with Gasteiger partial charge < -0.3 is 15.0 Å². The van der Waals surface area contributed by atoms with Gasteiger partial charge in [0.15, 0.2) is 0 Å². The third-order valence-corrected chi connectivity index (χ3v) is 6.29. The lowest BCUT2D eigenvalue weighted by Gasteiger charge is -2.26. The van der Waals surface area contributed by atoms with E-state index in [0.29, 0.717) is 29.9 Å². The molecule has 1 amide bonds. The van der Waals surface area contributed by atoms with Crippen molar-refractivity contribution in [2.24, 2.45) is 5.92 Å². The highest BCUT2D eigenvalue weighted by Gasteiger charge is 2.33. The van der Waals surface area contributed by atoms with Crippen LogP contribution in [0.15, 0.2) is 15.7 Å². The summed E-state index contributed by atoms with van der Waals surface area (Å²) in [5.41, 5.74) is -0.0510. The van der Waals surface area contributed by atoms with Crippen molar-refractivity contribution in [1.29, 1.82) is 0 Å². The minimum Gasteiger partial charge on any atom is -0.444 e. The molecule has 1 saturated carbocycles. The van der Waals surface area contributed by atoms with E-state index in [1.54, 1.807) is 11.5 Å². The van der Waals surface area contributed by atoms with Crippen molar-refractivity contribution in [2.45, 2.75) is 71.6 Å². The average molecular weight is 447 g/mol. The number of aromatic nitrogens is 2. The minimum absolute atomic E-state index is 0.0447. The molecule has 8 nitrogen and oxygen atoms in total. The molecule has 1 aromatic heterocycles. The molecule has 4 rings (SSSR count). The summed E-state index contributed by atoms with van der Waals surface area (Å²) in [6, 6.07) is 1.14. The molecule has 0 radical (unpaired) electrons. The van der Waals surface area contributed by atoms with Crippen LogP contribution < -0.4 is 21.5 Å². The molecule has 2 fully saturated rings. The van der Waals surface area contributed by atoms with E-state index in [1.807, 2.05) is 32.6 Å². The second kappa shape index (κ2) is 7.94. The minimum atomic E-state index is -0.577. The van der Waals surface area contributed by atoms with Crippen molar-refractivity contribution < 1.29 is 13.9 Å². The summed E-state index contributed by atoms with van der Waals surface area (Å²) >= 11 is 0. The van der Waals surface area contributed by atoms with E-state index in [2.05, 4.69) is 10.3 Å². The molecule has 9 heteroatoms. The number of rotatable bonds is 4. The zero-order chi connectivity index (χ0) is 23.4. The van der Waals surface area contributed by atoms with Crippen LogP contribution in [0.1, 0.15) is 58.6 Å². The summed E-state index contributed by atoms with van der Waals surface area (Å²) < 4.78 is 22.2. The molecule has 0 unspecified atom stereocenters. The topological polar surface area (TPSA) is 96.4 Å². The van der Waals surface area contributed by atoms with Gasteiger partial charge in [-0.15, -0.1) is 0 Å². The molecule has 2 aromatic rings. The summed E-state index contributed by atoms with van der Waals surface area (Å²) in [6.07, 6.45) is 2.04. The normalized spacial score (nSPS) is 19.9. The Balaban J connectivity index is 1.62. The van der Waals surface area contributed by atoms with Gasteiger partial charge in [-0.2, -0.15) is 0 Å². The van der Waals surface area contributed by atoms with Crippen molar-refractivity contribution in [3.63, 3.8) is 0 Å². The maximum Gasteiger partial charge on any atom is 0.407 e. The monoisotopic (exact) mass is 446 g/mol. The first-order valence-electron chi connectivity index (χ1n) is 11.2. The fourth-order valence-electron chi connectivity index (χ4n) is 4.65. The fourth-order valence-corrected chi connectivity index (χ4v) is 4.65. The van der Waals surface area contributed by atoms with Crippen LogP contribution in [-0.2, 0) is 4.74 Å². The molecule has 2 atom stereocenters. The number of aromatic amines is 1. The Bertz CT molecular complexity index is 1180. The van der Waals surface area contributed by atoms with Gasteiger partial charge in [-0.1, -0.05) is 0 Å². The van der Waals surface area contributed by atoms with Crippen molar-refractivity contribution in [1.82, 2.24) is 14.9 Å². The van der Waals surface area contributed by atoms with Crippen LogP contribution >= 0.6 is 0 Å². The van der Waals surface area contributed by atoms with Crippen LogP contribution in [0.5, 0.6) is 0 Å². The highest BCUT2D eigenvalue weighted by molar-refractivity contribution is 5.87. The number of hydrogen-bond acceptors (Lipinski definition) is 5. The van der Waals surface area contributed by atoms with E-state index < -0.39 is 28.8 Å². The van der Waals surface area contributed by atoms with Gasteiger partial charge in [0.05, 0.1) is 16.6 Å². The van der Waals surface area contributed by atoms with Gasteiger partial charge >= 0.3 is 11.8 Å². The quantitative estimate of drug-likeness (QED) is 0.752. The van der Waals surface area contributed by atoms with Gasteiger partial charge in [0, 0.05) is 30.7 Å². The Labute approximate surface area is 185 Å². The Morgan fingerprint density at radius 2 is 1.97 bits per heavy atom. The number of anilines is 1. The largest absolute Gasteiger partial charge is 0.444 e. The number of carbonyl (C=O) groups excluding carboxylic acids is 1. The molecular weight excluding hydrogens is 415 g/mol. The number of benzene rings is 1. The number of H-pyrrole nitrogens is 1. The molecule has 0 spiro atoms. The molecule has 174 valence electrons. The predicted octanol–water partition coefficient (Wildman–Crippen LogP) is 3.21. The molecule has 1 aliphatic heterocycles. The second-order valence-corrected chi connectivity index (χ2v) is 10.0. The van der Waals surface area contributed by atoms with Crippen LogP contribution in [0.3, 0.4) is 0 Å². The maximum absolute atomic E-state index is 15.2. The SMILES string of the molecule is Cc1c(N2CC[C@H]([C@@H](C)NC(=O)OC(C)(C)C)C2)c(F)cc2c(=O)[nH]c(=O)n(C3CC3)c12. The first kappa shape index (κ1) is 22.4. The molecule has 1 aliphatic carbocycles. The van der Waals surface area contributed by atoms with Gasteiger partial charge in [-0.05, 0) is 65.9 Å². The lowest BCUT2D eigenvalue weighted by atomic mass is 10.0. The number of carbonyl (C=O) groups is 1. The van der Waals surface area contributed by atoms with E-state index in [4.69, 9.17) is 4.74 Å². The van der Waals surface area contributed by atoms with Gasteiger partial charge in [0.2, 0.25) is 0 Å². The Hall–Kier alpha value is -2.84. The first-order chi connectivity index (χ1) is 15.0. The molecule has 32 heavy (non-hydrogen) atoms. The van der Waals surface area contributed by atoms with Crippen LogP contribution in [0.25, 0.3) is 10.9 Å². The summed E-state index contributed by atoms with van der Waals surface area (Å²) in [5, 5.41) is 3.08. The number of hydrogen-bond donors (Lipinski definition) is 2. The summed E-state index contributed by atoms with van der Waals surface area (Å²) in [7, 11) is 0. The molecule has 2 aliphatic rings. The fraction of sp³-hybridized carbons (Fsp3) is 0.609. The first-order valence-corrected chi connectivity index (χ1v) is 11.2. The third kappa shape index (κ3) is 4.25. The number of aryl methyl sites for hydroxylation is 1. The molecule has 0 bridgehead atoms. The molecule has 1 saturated heterocycles. The van der Waals surface area contributed by atoms with Gasteiger partial charge in [-0.3, -0.25) is 14.3 Å². The number of amides is 1. The van der Waals surface area contributed by atoms with E-state index in [9.17, 15) is 14.4 Å². The average Bonchev–Trinajstić information content (AvgIpc) is 3.37. The summed E-state index contributed by atoms with van der Waals surface area (Å²) in [5.74, 6) is -0.364. The smallest absolute Gasteiger partial charge is 0.407 e. The Morgan fingerprint density at radius 1 is 1.28 bits per heavy atom. The molecule has 2 N–H and O–H groups in total. The Morgan fingerprint density at radius 3 is 2.59 bits per heavy atom. The Kier molecular flexibility index (Phi) is 5.55. The van der Waals surface area contributed by atoms with Crippen molar-refractivity contribution >= 4 is 22.7 Å². The summed E-state index contributed by atoms with van der Waals surface area (Å²) in [6.45, 7) is 10.3. The molecular formula is C23H31FN4O4. The maximum atomic E-state index is 15.2. The van der Waals surface area contributed by atoms with Crippen molar-refractivity contribution in [2.75, 3.05) is 18.0 Å². The highest BCUT2D eigenvalue weighted by Crippen LogP contribution is 2.39. The van der Waals surface area contributed by atoms with Crippen molar-refractivity contribution in [3.05, 3.63) is 38.3 Å². The number of nitrogens with one attached hydrogen (secondary N) is 2. The van der Waals surface area contributed by atoms with E-state index in [0.717, 1.165) is 19.3 Å². The van der Waals surface area contributed by atoms with Gasteiger partial charge in [0.1, 0.15) is 11.4 Å². The standard InChI is InChI=1S/C23H31FN4O4/c1-12-18-16(20(29)26-21(30)28(18)15-6-7-15)10-17(24)19(12)27-9-8-14(11-27)13(2)25-22(31)32-23(3,4)5/h10,13-15H,6-9,11H2,1-5H3,(H,25,31)(H,26,29,30)/t13-,14+/m1/s1. The number of nitrogens with zero attached hydrogens (tertiary/aromatic N) is 2. The third-order valence-electron chi connectivity index (χ3n) is 6.29. The van der Waals surface area contributed by atoms with E-state index >= 15 is 4.39 Å². The molecule has 2 heterocycles. The number of fused-ring (bicyclic) bond motifs is 1. The zero-order valence-corrected chi connectivity index (χ0v) is 19.3. The van der Waals surface area contributed by atoms with Crippen LogP contribution in [0, 0.1) is 18.7 Å². The summed E-state index contributed by atoms with van der Waals surface area (Å²) in [4.78, 5) is 41.3. The number of ether oxygens (including phenoxy) is 1. The lowest BCUT2D eigenvalue weighted by Crippen LogP contribution is -2.42. The zero-order valence-electron chi connectivity index (χ0n) is 19.3. The predicted molar refractivity (Wildman–Crippen MR) is 121 cm³/mol. The van der Waals surface area contributed by atoms with E-state index in [1.165, 1.54) is 6.07 Å². The highest BCUT2D eigenvalue weighted by atomic mass is 19.1.